The molecule has 2 rings (SSSR count). The Kier molecular flexibility index (Phi) is 4.50. The van der Waals surface area contributed by atoms with Gasteiger partial charge in [0.25, 0.3) is 11.6 Å². The Morgan fingerprint density at radius 1 is 1.24 bits per heavy atom. The van der Waals surface area contributed by atoms with Gasteiger partial charge in [0.05, 0.1) is 11.5 Å². The van der Waals surface area contributed by atoms with Gasteiger partial charge in [-0.3, -0.25) is 14.9 Å². The third-order valence-electron chi connectivity index (χ3n) is 2.72. The highest BCUT2D eigenvalue weighted by atomic mass is 16.6. The van der Waals surface area contributed by atoms with Crippen molar-refractivity contribution in [3.8, 4) is 5.75 Å². The molecule has 0 aliphatic carbocycles. The number of nitrogens with zero attached hydrogens (tertiary/aromatic N) is 1. The molecule has 0 aliphatic heterocycles. The monoisotopic (exact) mass is 286 g/mol. The molecule has 0 aromatic heterocycles. The topological polar surface area (TPSA) is 81.5 Å². The van der Waals surface area contributed by atoms with E-state index in [9.17, 15) is 14.9 Å². The molecule has 108 valence electrons. The maximum Gasteiger partial charge on any atom is 0.270 e. The SMILES string of the molecule is CCOc1cccc(NC(=O)c2cccc([N+](=O)[O-])c2)c1. The van der Waals surface area contributed by atoms with Crippen molar-refractivity contribution >= 4 is 17.3 Å². The summed E-state index contributed by atoms with van der Waals surface area (Å²) in [5.74, 6) is 0.238. The standard InChI is InChI=1S/C15H14N2O4/c1-2-21-14-8-4-6-12(10-14)16-15(18)11-5-3-7-13(9-11)17(19)20/h3-10H,2H2,1H3,(H,16,18). The van der Waals surface area contributed by atoms with Gasteiger partial charge in [0, 0.05) is 29.4 Å². The van der Waals surface area contributed by atoms with Crippen LogP contribution in [0.15, 0.2) is 48.5 Å². The van der Waals surface area contributed by atoms with Gasteiger partial charge in [0.1, 0.15) is 5.75 Å². The fourth-order valence-electron chi connectivity index (χ4n) is 1.79. The predicted molar refractivity (Wildman–Crippen MR) is 78.7 cm³/mol. The summed E-state index contributed by atoms with van der Waals surface area (Å²) in [6, 6.07) is 12.5. The third-order valence-corrected chi connectivity index (χ3v) is 2.72. The van der Waals surface area contributed by atoms with Crippen LogP contribution < -0.4 is 10.1 Å². The lowest BCUT2D eigenvalue weighted by molar-refractivity contribution is -0.384. The minimum atomic E-state index is -0.535. The van der Waals surface area contributed by atoms with Gasteiger partial charge in [-0.25, -0.2) is 0 Å². The predicted octanol–water partition coefficient (Wildman–Crippen LogP) is 3.25. The van der Waals surface area contributed by atoms with E-state index in [1.165, 1.54) is 24.3 Å². The number of carbonyl (C=O) groups excluding carboxylic acids is 1. The van der Waals surface area contributed by atoms with E-state index in [-0.39, 0.29) is 11.3 Å². The van der Waals surface area contributed by atoms with Crippen LogP contribution in [0.4, 0.5) is 11.4 Å². The number of carbonyl (C=O) groups is 1. The van der Waals surface area contributed by atoms with Crippen molar-refractivity contribution in [2.24, 2.45) is 0 Å². The van der Waals surface area contributed by atoms with E-state index in [1.54, 1.807) is 24.3 Å². The van der Waals surface area contributed by atoms with Gasteiger partial charge < -0.3 is 10.1 Å². The number of benzene rings is 2. The first kappa shape index (κ1) is 14.5. The maximum absolute atomic E-state index is 12.1. The van der Waals surface area contributed by atoms with Crippen molar-refractivity contribution in [3.05, 3.63) is 64.2 Å². The Morgan fingerprint density at radius 2 is 2.00 bits per heavy atom. The Hall–Kier alpha value is -2.89. The third kappa shape index (κ3) is 3.79. The first-order valence-electron chi connectivity index (χ1n) is 6.39. The summed E-state index contributed by atoms with van der Waals surface area (Å²) in [5.41, 5.74) is 0.675. The highest BCUT2D eigenvalue weighted by Crippen LogP contribution is 2.19. The number of anilines is 1. The second-order valence-corrected chi connectivity index (χ2v) is 4.22. The van der Waals surface area contributed by atoms with Crippen molar-refractivity contribution in [1.82, 2.24) is 0 Å². The van der Waals surface area contributed by atoms with Crippen LogP contribution in [0.5, 0.6) is 5.75 Å². The van der Waals surface area contributed by atoms with Crippen LogP contribution >= 0.6 is 0 Å². The number of rotatable bonds is 5. The largest absolute Gasteiger partial charge is 0.494 e. The van der Waals surface area contributed by atoms with Crippen LogP contribution in [-0.2, 0) is 0 Å². The summed E-state index contributed by atoms with van der Waals surface area (Å²) in [5, 5.41) is 13.4. The fourth-order valence-corrected chi connectivity index (χ4v) is 1.79. The molecule has 0 atom stereocenters. The molecule has 0 aliphatic rings. The van der Waals surface area contributed by atoms with Gasteiger partial charge in [0.15, 0.2) is 0 Å². The van der Waals surface area contributed by atoms with Crippen molar-refractivity contribution in [2.75, 3.05) is 11.9 Å². The van der Waals surface area contributed by atoms with Crippen LogP contribution in [0.2, 0.25) is 0 Å². The van der Waals surface area contributed by atoms with Crippen molar-refractivity contribution in [3.63, 3.8) is 0 Å². The molecule has 21 heavy (non-hydrogen) atoms. The zero-order chi connectivity index (χ0) is 15.2. The normalized spacial score (nSPS) is 9.95. The molecule has 0 fully saturated rings. The molecule has 2 aromatic rings. The van der Waals surface area contributed by atoms with Gasteiger partial charge >= 0.3 is 0 Å². The number of hydrogen-bond donors (Lipinski definition) is 1. The number of non-ortho nitro benzene ring substituents is 1. The van der Waals surface area contributed by atoms with E-state index in [1.807, 2.05) is 6.92 Å². The summed E-state index contributed by atoms with van der Waals surface area (Å²) in [6.07, 6.45) is 0. The van der Waals surface area contributed by atoms with E-state index >= 15 is 0 Å². The molecule has 0 saturated heterocycles. The van der Waals surface area contributed by atoms with Gasteiger partial charge in [-0.1, -0.05) is 12.1 Å². The Labute approximate surface area is 121 Å². The molecule has 0 bridgehead atoms. The molecule has 1 amide bonds. The molecule has 0 heterocycles. The Bertz CT molecular complexity index is 670. The van der Waals surface area contributed by atoms with Gasteiger partial charge in [-0.15, -0.1) is 0 Å². The molecule has 0 radical (unpaired) electrons. The fraction of sp³-hybridized carbons (Fsp3) is 0.133. The number of nitrogens with one attached hydrogen (secondary N) is 1. The van der Waals surface area contributed by atoms with E-state index in [2.05, 4.69) is 5.32 Å². The first-order valence-corrected chi connectivity index (χ1v) is 6.39. The zero-order valence-corrected chi connectivity index (χ0v) is 11.4. The second-order valence-electron chi connectivity index (χ2n) is 4.22. The number of hydrogen-bond acceptors (Lipinski definition) is 4. The number of nitro groups is 1. The molecule has 0 spiro atoms. The molecule has 2 aromatic carbocycles. The van der Waals surface area contributed by atoms with Crippen molar-refractivity contribution in [2.45, 2.75) is 6.92 Å². The van der Waals surface area contributed by atoms with Crippen LogP contribution in [0, 0.1) is 10.1 Å². The first-order chi connectivity index (χ1) is 10.1. The van der Waals surface area contributed by atoms with Gasteiger partial charge in [-0.05, 0) is 25.1 Å². The molecular formula is C15H14N2O4. The molecule has 0 unspecified atom stereocenters. The smallest absolute Gasteiger partial charge is 0.270 e. The maximum atomic E-state index is 12.1. The molecular weight excluding hydrogens is 272 g/mol. The van der Waals surface area contributed by atoms with E-state index < -0.39 is 10.8 Å². The van der Waals surface area contributed by atoms with Crippen molar-refractivity contribution in [1.29, 1.82) is 0 Å². The Morgan fingerprint density at radius 3 is 2.71 bits per heavy atom. The summed E-state index contributed by atoms with van der Waals surface area (Å²) in [4.78, 5) is 22.3. The number of nitro benzene ring substituents is 1. The van der Waals surface area contributed by atoms with Gasteiger partial charge in [-0.2, -0.15) is 0 Å². The van der Waals surface area contributed by atoms with E-state index in [0.29, 0.717) is 18.0 Å². The summed E-state index contributed by atoms with van der Waals surface area (Å²) in [7, 11) is 0. The summed E-state index contributed by atoms with van der Waals surface area (Å²) >= 11 is 0. The average molecular weight is 286 g/mol. The highest BCUT2D eigenvalue weighted by molar-refractivity contribution is 6.04. The summed E-state index contributed by atoms with van der Waals surface area (Å²) < 4.78 is 5.34. The van der Waals surface area contributed by atoms with E-state index in [4.69, 9.17) is 4.74 Å². The number of ether oxygens (including phenoxy) is 1. The molecule has 6 heteroatoms. The molecule has 0 saturated carbocycles. The molecule has 6 nitrogen and oxygen atoms in total. The van der Waals surface area contributed by atoms with E-state index in [0.717, 1.165) is 0 Å². The lowest BCUT2D eigenvalue weighted by Gasteiger charge is -2.08. The van der Waals surface area contributed by atoms with Crippen LogP contribution in [0.3, 0.4) is 0 Å². The average Bonchev–Trinajstić information content (AvgIpc) is 2.48. The van der Waals surface area contributed by atoms with Crippen LogP contribution in [0.1, 0.15) is 17.3 Å². The van der Waals surface area contributed by atoms with Crippen LogP contribution in [-0.4, -0.2) is 17.4 Å². The minimum absolute atomic E-state index is 0.120. The van der Waals surface area contributed by atoms with Crippen LogP contribution in [0.25, 0.3) is 0 Å². The zero-order valence-electron chi connectivity index (χ0n) is 11.4. The lowest BCUT2D eigenvalue weighted by Crippen LogP contribution is -2.12. The second kappa shape index (κ2) is 6.51. The minimum Gasteiger partial charge on any atom is -0.494 e. The molecule has 1 N–H and O–H groups in total. The van der Waals surface area contributed by atoms with Gasteiger partial charge in [0.2, 0.25) is 0 Å². The highest BCUT2D eigenvalue weighted by Gasteiger charge is 2.11. The quantitative estimate of drug-likeness (QED) is 0.675. The lowest BCUT2D eigenvalue weighted by atomic mass is 10.2. The van der Waals surface area contributed by atoms with Crippen molar-refractivity contribution < 1.29 is 14.5 Å². The summed E-state index contributed by atoms with van der Waals surface area (Å²) in [6.45, 7) is 2.40. The number of amides is 1. The Balaban J connectivity index is 2.16.